The van der Waals surface area contributed by atoms with Crippen LogP contribution in [0.4, 0.5) is 11.4 Å². The highest BCUT2D eigenvalue weighted by atomic mass is 35.5. The van der Waals surface area contributed by atoms with Crippen molar-refractivity contribution < 1.29 is 0 Å². The van der Waals surface area contributed by atoms with Crippen molar-refractivity contribution in [1.29, 1.82) is 0 Å². The summed E-state index contributed by atoms with van der Waals surface area (Å²) in [5.74, 6) is 0.823. The number of piperazine rings is 1. The van der Waals surface area contributed by atoms with Crippen molar-refractivity contribution in [2.45, 2.75) is 38.1 Å². The van der Waals surface area contributed by atoms with Crippen LogP contribution in [0.25, 0.3) is 0 Å². The summed E-state index contributed by atoms with van der Waals surface area (Å²) in [7, 11) is 0. The molecule has 1 aliphatic heterocycles. The first-order valence-corrected chi connectivity index (χ1v) is 12.8. The molecule has 0 bridgehead atoms. The molecule has 0 aromatic heterocycles. The van der Waals surface area contributed by atoms with Crippen molar-refractivity contribution in [2.75, 3.05) is 42.9 Å². The smallest absolute Gasteiger partial charge is 0.170 e. The predicted octanol–water partition coefficient (Wildman–Crippen LogP) is 6.05. The van der Waals surface area contributed by atoms with Gasteiger partial charge in [0.05, 0.1) is 15.7 Å². The standard InChI is InChI=1S/C25H32Cl2N4S/c26-22-7-4-8-23(24(22)27)31-17-15-30(16-18-31)14-13-19-9-11-21(12-10-19)29-25(32)28-20-5-2-1-3-6-20/h1-8,19,21H,9-18H2,(H2,28,29,32)/t19-,21-. The van der Waals surface area contributed by atoms with Gasteiger partial charge < -0.3 is 15.5 Å². The second-order valence-corrected chi connectivity index (χ2v) is 10.1. The van der Waals surface area contributed by atoms with Gasteiger partial charge in [-0.3, -0.25) is 4.90 Å². The molecule has 0 amide bonds. The molecule has 0 atom stereocenters. The van der Waals surface area contributed by atoms with Crippen LogP contribution < -0.4 is 15.5 Å². The Kier molecular flexibility index (Phi) is 8.53. The molecule has 2 aromatic carbocycles. The second-order valence-electron chi connectivity index (χ2n) is 8.87. The summed E-state index contributed by atoms with van der Waals surface area (Å²) in [4.78, 5) is 4.95. The Morgan fingerprint density at radius 1 is 0.906 bits per heavy atom. The van der Waals surface area contributed by atoms with Crippen LogP contribution >= 0.6 is 35.4 Å². The topological polar surface area (TPSA) is 30.5 Å². The summed E-state index contributed by atoms with van der Waals surface area (Å²) in [6.07, 6.45) is 6.25. The second kappa shape index (κ2) is 11.6. The van der Waals surface area contributed by atoms with Gasteiger partial charge in [-0.1, -0.05) is 47.5 Å². The summed E-state index contributed by atoms with van der Waals surface area (Å²) in [6.45, 7) is 5.36. The van der Waals surface area contributed by atoms with Crippen LogP contribution in [0.3, 0.4) is 0 Å². The molecule has 0 radical (unpaired) electrons. The van der Waals surface area contributed by atoms with E-state index in [0.29, 0.717) is 16.1 Å². The molecule has 2 aliphatic rings. The molecule has 1 saturated carbocycles. The lowest BCUT2D eigenvalue weighted by atomic mass is 9.84. The molecule has 32 heavy (non-hydrogen) atoms. The van der Waals surface area contributed by atoms with Crippen LogP contribution in [-0.2, 0) is 0 Å². The van der Waals surface area contributed by atoms with E-state index in [1.807, 2.05) is 42.5 Å². The first-order valence-electron chi connectivity index (χ1n) is 11.6. The fraction of sp³-hybridized carbons (Fsp3) is 0.480. The SMILES string of the molecule is S=C(Nc1ccccc1)N[C@H]1CC[C@H](CCN2CCN(c3cccc(Cl)c3Cl)CC2)CC1. The molecule has 7 heteroatoms. The van der Waals surface area contributed by atoms with Crippen molar-refractivity contribution in [3.05, 3.63) is 58.6 Å². The molecular formula is C25H32Cl2N4S. The highest BCUT2D eigenvalue weighted by molar-refractivity contribution is 7.80. The van der Waals surface area contributed by atoms with E-state index >= 15 is 0 Å². The van der Waals surface area contributed by atoms with E-state index in [4.69, 9.17) is 35.4 Å². The zero-order valence-electron chi connectivity index (χ0n) is 18.4. The fourth-order valence-corrected chi connectivity index (χ4v) is 5.48. The van der Waals surface area contributed by atoms with Gasteiger partial charge in [-0.05, 0) is 81.1 Å². The molecule has 1 aliphatic carbocycles. The maximum absolute atomic E-state index is 6.40. The average Bonchev–Trinajstić information content (AvgIpc) is 2.81. The molecular weight excluding hydrogens is 459 g/mol. The van der Waals surface area contributed by atoms with Gasteiger partial charge in [0.2, 0.25) is 0 Å². The zero-order valence-corrected chi connectivity index (χ0v) is 20.7. The molecule has 2 fully saturated rings. The number of nitrogens with one attached hydrogen (secondary N) is 2. The van der Waals surface area contributed by atoms with E-state index in [9.17, 15) is 0 Å². The number of nitrogens with zero attached hydrogens (tertiary/aromatic N) is 2. The van der Waals surface area contributed by atoms with E-state index in [-0.39, 0.29) is 0 Å². The van der Waals surface area contributed by atoms with E-state index in [0.717, 1.165) is 48.6 Å². The van der Waals surface area contributed by atoms with Crippen LogP contribution in [0, 0.1) is 5.92 Å². The largest absolute Gasteiger partial charge is 0.368 e. The zero-order chi connectivity index (χ0) is 22.3. The number of para-hydroxylation sites is 1. The number of hydrogen-bond donors (Lipinski definition) is 2. The van der Waals surface area contributed by atoms with Crippen molar-refractivity contribution in [3.63, 3.8) is 0 Å². The number of rotatable bonds is 6. The normalized spacial score (nSPS) is 21.9. The lowest BCUT2D eigenvalue weighted by Crippen LogP contribution is -2.47. The summed E-state index contributed by atoms with van der Waals surface area (Å²) in [6, 6.07) is 16.5. The van der Waals surface area contributed by atoms with Gasteiger partial charge in [0.1, 0.15) is 0 Å². The van der Waals surface area contributed by atoms with Crippen LogP contribution in [0.15, 0.2) is 48.5 Å². The Morgan fingerprint density at radius 2 is 1.62 bits per heavy atom. The molecule has 0 unspecified atom stereocenters. The van der Waals surface area contributed by atoms with Crippen LogP contribution in [0.2, 0.25) is 10.0 Å². The molecule has 4 nitrogen and oxygen atoms in total. The number of benzene rings is 2. The monoisotopic (exact) mass is 490 g/mol. The third-order valence-electron chi connectivity index (χ3n) is 6.71. The van der Waals surface area contributed by atoms with Crippen molar-refractivity contribution >= 4 is 51.9 Å². The van der Waals surface area contributed by atoms with E-state index in [2.05, 4.69) is 26.5 Å². The minimum absolute atomic E-state index is 0.487. The average molecular weight is 492 g/mol. The number of halogens is 2. The first kappa shape index (κ1) is 23.6. The van der Waals surface area contributed by atoms with Gasteiger partial charge in [0, 0.05) is 37.9 Å². The van der Waals surface area contributed by atoms with Gasteiger partial charge in [-0.2, -0.15) is 0 Å². The number of anilines is 2. The van der Waals surface area contributed by atoms with Crippen LogP contribution in [-0.4, -0.2) is 48.8 Å². The Bertz CT molecular complexity index is 879. The maximum atomic E-state index is 6.40. The summed E-state index contributed by atoms with van der Waals surface area (Å²) in [5.41, 5.74) is 2.10. The Balaban J connectivity index is 1.13. The van der Waals surface area contributed by atoms with E-state index < -0.39 is 0 Å². The molecule has 172 valence electrons. The highest BCUT2D eigenvalue weighted by Crippen LogP contribution is 2.33. The lowest BCUT2D eigenvalue weighted by Gasteiger charge is -2.37. The van der Waals surface area contributed by atoms with Gasteiger partial charge in [-0.15, -0.1) is 0 Å². The summed E-state index contributed by atoms with van der Waals surface area (Å²) < 4.78 is 0. The Labute approximate surface area is 207 Å². The van der Waals surface area contributed by atoms with Crippen LogP contribution in [0.1, 0.15) is 32.1 Å². The third kappa shape index (κ3) is 6.50. The molecule has 1 heterocycles. The van der Waals surface area contributed by atoms with Crippen molar-refractivity contribution in [2.24, 2.45) is 5.92 Å². The van der Waals surface area contributed by atoms with Crippen molar-refractivity contribution in [1.82, 2.24) is 10.2 Å². The molecule has 4 rings (SSSR count). The predicted molar refractivity (Wildman–Crippen MR) is 141 cm³/mol. The Morgan fingerprint density at radius 3 is 2.34 bits per heavy atom. The number of hydrogen-bond acceptors (Lipinski definition) is 3. The molecule has 0 spiro atoms. The van der Waals surface area contributed by atoms with Crippen LogP contribution in [0.5, 0.6) is 0 Å². The van der Waals surface area contributed by atoms with Crippen molar-refractivity contribution in [3.8, 4) is 0 Å². The van der Waals surface area contributed by atoms with Gasteiger partial charge in [0.15, 0.2) is 5.11 Å². The van der Waals surface area contributed by atoms with E-state index in [1.54, 1.807) is 0 Å². The Hall–Kier alpha value is -1.53. The highest BCUT2D eigenvalue weighted by Gasteiger charge is 2.24. The summed E-state index contributed by atoms with van der Waals surface area (Å²) >= 11 is 18.1. The summed E-state index contributed by atoms with van der Waals surface area (Å²) in [5, 5.41) is 8.83. The number of thiocarbonyl (C=S) groups is 1. The lowest BCUT2D eigenvalue weighted by molar-refractivity contribution is 0.214. The third-order valence-corrected chi connectivity index (χ3v) is 7.74. The quantitative estimate of drug-likeness (QED) is 0.481. The molecule has 1 saturated heterocycles. The van der Waals surface area contributed by atoms with E-state index in [1.165, 1.54) is 38.6 Å². The maximum Gasteiger partial charge on any atom is 0.170 e. The first-order chi connectivity index (χ1) is 15.6. The fourth-order valence-electron chi connectivity index (χ4n) is 4.78. The minimum Gasteiger partial charge on any atom is -0.368 e. The minimum atomic E-state index is 0.487. The molecule has 2 N–H and O–H groups in total. The van der Waals surface area contributed by atoms with Gasteiger partial charge in [0.25, 0.3) is 0 Å². The molecule has 2 aromatic rings. The van der Waals surface area contributed by atoms with Gasteiger partial charge in [-0.25, -0.2) is 0 Å². The van der Waals surface area contributed by atoms with Gasteiger partial charge >= 0.3 is 0 Å².